The molecule has 0 fully saturated rings. The van der Waals surface area contributed by atoms with E-state index in [0.717, 1.165) is 12.8 Å². The lowest BCUT2D eigenvalue weighted by molar-refractivity contribution is -0.154. The summed E-state index contributed by atoms with van der Waals surface area (Å²) in [7, 11) is 1.49. The van der Waals surface area contributed by atoms with E-state index in [1.807, 2.05) is 6.92 Å². The minimum Gasteiger partial charge on any atom is -0.464 e. The second-order valence-electron chi connectivity index (χ2n) is 2.40. The Bertz CT molecular complexity index is 112. The fourth-order valence-corrected chi connectivity index (χ4v) is 0.531. The lowest BCUT2D eigenvalue weighted by Crippen LogP contribution is -2.22. The van der Waals surface area contributed by atoms with Crippen LogP contribution in [-0.2, 0) is 14.3 Å². The Labute approximate surface area is 67.7 Å². The average molecular weight is 160 g/mol. The van der Waals surface area contributed by atoms with Crippen LogP contribution in [0.3, 0.4) is 0 Å². The summed E-state index contributed by atoms with van der Waals surface area (Å²) < 4.78 is 9.64. The van der Waals surface area contributed by atoms with Crippen LogP contribution in [0.1, 0.15) is 26.7 Å². The fourth-order valence-electron chi connectivity index (χ4n) is 0.531. The van der Waals surface area contributed by atoms with Gasteiger partial charge in [-0.05, 0) is 13.3 Å². The Kier molecular flexibility index (Phi) is 5.84. The van der Waals surface area contributed by atoms with Crippen molar-refractivity contribution in [2.75, 3.05) is 13.7 Å². The van der Waals surface area contributed by atoms with Crippen LogP contribution in [0.4, 0.5) is 0 Å². The maximum Gasteiger partial charge on any atom is 0.334 e. The molecule has 0 amide bonds. The van der Waals surface area contributed by atoms with Gasteiger partial charge < -0.3 is 9.47 Å². The Morgan fingerprint density at radius 3 is 2.64 bits per heavy atom. The largest absolute Gasteiger partial charge is 0.464 e. The molecule has 0 bridgehead atoms. The molecular formula is C8H16O3. The molecular weight excluding hydrogens is 144 g/mol. The van der Waals surface area contributed by atoms with Gasteiger partial charge in [-0.25, -0.2) is 4.79 Å². The lowest BCUT2D eigenvalue weighted by Gasteiger charge is -2.08. The molecule has 0 radical (unpaired) electrons. The molecule has 11 heavy (non-hydrogen) atoms. The first-order valence-corrected chi connectivity index (χ1v) is 3.91. The molecule has 0 aliphatic rings. The summed E-state index contributed by atoms with van der Waals surface area (Å²) >= 11 is 0. The Hall–Kier alpha value is -0.570. The van der Waals surface area contributed by atoms with Crippen molar-refractivity contribution in [3.8, 4) is 0 Å². The summed E-state index contributed by atoms with van der Waals surface area (Å²) in [5.41, 5.74) is 0. The maximum absolute atomic E-state index is 10.9. The third-order valence-corrected chi connectivity index (χ3v) is 1.43. The maximum atomic E-state index is 10.9. The van der Waals surface area contributed by atoms with Gasteiger partial charge in [0.15, 0.2) is 6.10 Å². The third kappa shape index (κ3) is 4.79. The second kappa shape index (κ2) is 6.16. The summed E-state index contributed by atoms with van der Waals surface area (Å²) in [6, 6.07) is 0. The Morgan fingerprint density at radius 1 is 1.55 bits per heavy atom. The van der Waals surface area contributed by atoms with Crippen LogP contribution >= 0.6 is 0 Å². The third-order valence-electron chi connectivity index (χ3n) is 1.43. The van der Waals surface area contributed by atoms with Gasteiger partial charge in [-0.15, -0.1) is 0 Å². The highest BCUT2D eigenvalue weighted by Gasteiger charge is 2.11. The molecule has 0 unspecified atom stereocenters. The number of carbonyl (C=O) groups excluding carboxylic acids is 1. The van der Waals surface area contributed by atoms with Crippen molar-refractivity contribution in [3.63, 3.8) is 0 Å². The monoisotopic (exact) mass is 160 g/mol. The molecule has 1 atom stereocenters. The first-order valence-electron chi connectivity index (χ1n) is 3.91. The van der Waals surface area contributed by atoms with Crippen molar-refractivity contribution in [1.82, 2.24) is 0 Å². The first-order chi connectivity index (χ1) is 5.22. The normalized spacial score (nSPS) is 12.6. The smallest absolute Gasteiger partial charge is 0.334 e. The van der Waals surface area contributed by atoms with E-state index in [1.54, 1.807) is 6.92 Å². The van der Waals surface area contributed by atoms with Gasteiger partial charge in [0.05, 0.1) is 6.61 Å². The van der Waals surface area contributed by atoms with E-state index in [0.29, 0.717) is 6.61 Å². The molecule has 0 aromatic carbocycles. The van der Waals surface area contributed by atoms with E-state index in [1.165, 1.54) is 7.11 Å². The number of methoxy groups -OCH3 is 1. The van der Waals surface area contributed by atoms with E-state index in [-0.39, 0.29) is 5.97 Å². The number of hydrogen-bond acceptors (Lipinski definition) is 3. The van der Waals surface area contributed by atoms with Crippen molar-refractivity contribution < 1.29 is 14.3 Å². The molecule has 0 saturated carbocycles. The van der Waals surface area contributed by atoms with Crippen LogP contribution in [0.2, 0.25) is 0 Å². The number of ether oxygens (including phenoxy) is 2. The first kappa shape index (κ1) is 10.4. The van der Waals surface area contributed by atoms with Crippen LogP contribution in [0.15, 0.2) is 0 Å². The summed E-state index contributed by atoms with van der Waals surface area (Å²) in [5, 5.41) is 0. The zero-order valence-corrected chi connectivity index (χ0v) is 7.42. The SMILES string of the molecule is CCCCOC(=O)[C@H](C)OC. The Balaban J connectivity index is 3.36. The van der Waals surface area contributed by atoms with Gasteiger partial charge in [0.1, 0.15) is 0 Å². The van der Waals surface area contributed by atoms with Crippen LogP contribution in [0, 0.1) is 0 Å². The van der Waals surface area contributed by atoms with E-state index in [9.17, 15) is 4.79 Å². The quantitative estimate of drug-likeness (QED) is 0.450. The summed E-state index contributed by atoms with van der Waals surface area (Å²) in [5.74, 6) is -0.277. The van der Waals surface area contributed by atoms with Crippen molar-refractivity contribution in [2.24, 2.45) is 0 Å². The molecule has 0 heterocycles. The van der Waals surface area contributed by atoms with Crippen LogP contribution in [0.5, 0.6) is 0 Å². The minimum atomic E-state index is -0.438. The number of hydrogen-bond donors (Lipinski definition) is 0. The lowest BCUT2D eigenvalue weighted by atomic mass is 10.3. The molecule has 0 aliphatic carbocycles. The number of carbonyl (C=O) groups is 1. The number of rotatable bonds is 5. The van der Waals surface area contributed by atoms with Crippen LogP contribution in [0.25, 0.3) is 0 Å². The van der Waals surface area contributed by atoms with Gasteiger partial charge >= 0.3 is 5.97 Å². The predicted molar refractivity (Wildman–Crippen MR) is 42.3 cm³/mol. The molecule has 0 aromatic heterocycles. The predicted octanol–water partition coefficient (Wildman–Crippen LogP) is 1.36. The average Bonchev–Trinajstić information content (AvgIpc) is 2.03. The van der Waals surface area contributed by atoms with E-state index < -0.39 is 6.10 Å². The molecule has 0 aliphatic heterocycles. The van der Waals surface area contributed by atoms with Crippen molar-refractivity contribution in [3.05, 3.63) is 0 Å². The number of esters is 1. The summed E-state index contributed by atoms with van der Waals surface area (Å²) in [6.07, 6.45) is 1.52. The van der Waals surface area contributed by atoms with Crippen molar-refractivity contribution >= 4 is 5.97 Å². The zero-order valence-electron chi connectivity index (χ0n) is 7.42. The van der Waals surface area contributed by atoms with Gasteiger partial charge in [0, 0.05) is 7.11 Å². The van der Waals surface area contributed by atoms with Gasteiger partial charge in [-0.3, -0.25) is 0 Å². The van der Waals surface area contributed by atoms with Crippen LogP contribution in [-0.4, -0.2) is 25.8 Å². The van der Waals surface area contributed by atoms with Gasteiger partial charge in [-0.2, -0.15) is 0 Å². The van der Waals surface area contributed by atoms with Gasteiger partial charge in [-0.1, -0.05) is 13.3 Å². The topological polar surface area (TPSA) is 35.5 Å². The standard InChI is InChI=1S/C8H16O3/c1-4-5-6-11-8(9)7(2)10-3/h7H,4-6H2,1-3H3/t7-/m0/s1. The minimum absolute atomic E-state index is 0.277. The van der Waals surface area contributed by atoms with Crippen molar-refractivity contribution in [1.29, 1.82) is 0 Å². The molecule has 0 saturated heterocycles. The molecule has 3 nitrogen and oxygen atoms in total. The molecule has 3 heteroatoms. The summed E-state index contributed by atoms with van der Waals surface area (Å²) in [6.45, 7) is 4.23. The highest BCUT2D eigenvalue weighted by atomic mass is 16.6. The van der Waals surface area contributed by atoms with Crippen LogP contribution < -0.4 is 0 Å². The van der Waals surface area contributed by atoms with Crippen molar-refractivity contribution in [2.45, 2.75) is 32.8 Å². The molecule has 0 spiro atoms. The van der Waals surface area contributed by atoms with E-state index >= 15 is 0 Å². The number of unbranched alkanes of at least 4 members (excludes halogenated alkanes) is 1. The highest BCUT2D eigenvalue weighted by molar-refractivity contribution is 5.74. The molecule has 0 aromatic rings. The molecule has 0 rings (SSSR count). The molecule has 0 N–H and O–H groups in total. The second-order valence-corrected chi connectivity index (χ2v) is 2.40. The zero-order chi connectivity index (χ0) is 8.69. The van der Waals surface area contributed by atoms with Gasteiger partial charge in [0.2, 0.25) is 0 Å². The fraction of sp³-hybridized carbons (Fsp3) is 0.875. The highest BCUT2D eigenvalue weighted by Crippen LogP contribution is 1.94. The van der Waals surface area contributed by atoms with Gasteiger partial charge in [0.25, 0.3) is 0 Å². The Morgan fingerprint density at radius 2 is 2.18 bits per heavy atom. The molecule has 66 valence electrons. The summed E-state index contributed by atoms with van der Waals surface area (Å²) in [4.78, 5) is 10.9. The van der Waals surface area contributed by atoms with E-state index in [2.05, 4.69) is 0 Å². The van der Waals surface area contributed by atoms with E-state index in [4.69, 9.17) is 9.47 Å².